The number of carbonyl (C=O) groups excluding carboxylic acids is 2. The molecule has 0 aliphatic rings. The zero-order valence-corrected chi connectivity index (χ0v) is 11.9. The summed E-state index contributed by atoms with van der Waals surface area (Å²) < 4.78 is 3.03. The standard InChI is InChI=1S/C10H15Cl3O3/c1-6(14)16-8(10(11,12)13)5-7(15)9(2,3)4/h8H,5H2,1-4H3/t8-/m0/s1. The molecule has 0 rings (SSSR count). The summed E-state index contributed by atoms with van der Waals surface area (Å²) in [5.41, 5.74) is -0.561. The Kier molecular flexibility index (Phi) is 5.57. The summed E-state index contributed by atoms with van der Waals surface area (Å²) in [6.07, 6.45) is -1.17. The van der Waals surface area contributed by atoms with Crippen molar-refractivity contribution in [1.29, 1.82) is 0 Å². The van der Waals surface area contributed by atoms with Crippen molar-refractivity contribution < 1.29 is 14.3 Å². The molecule has 0 heterocycles. The van der Waals surface area contributed by atoms with Crippen molar-refractivity contribution in [3.63, 3.8) is 0 Å². The van der Waals surface area contributed by atoms with Gasteiger partial charge < -0.3 is 4.74 Å². The van der Waals surface area contributed by atoms with Crippen LogP contribution < -0.4 is 0 Å². The Hall–Kier alpha value is 0.01000. The van der Waals surface area contributed by atoms with Gasteiger partial charge in [-0.1, -0.05) is 55.6 Å². The smallest absolute Gasteiger partial charge is 0.303 e. The molecular formula is C10H15Cl3O3. The van der Waals surface area contributed by atoms with Gasteiger partial charge >= 0.3 is 5.97 Å². The van der Waals surface area contributed by atoms with E-state index in [9.17, 15) is 9.59 Å². The Labute approximate surface area is 110 Å². The van der Waals surface area contributed by atoms with Gasteiger partial charge in [-0.15, -0.1) is 0 Å². The molecule has 0 N–H and O–H groups in total. The van der Waals surface area contributed by atoms with E-state index in [2.05, 4.69) is 0 Å². The molecule has 0 aromatic heterocycles. The first-order chi connectivity index (χ1) is 6.94. The van der Waals surface area contributed by atoms with Crippen molar-refractivity contribution in [2.45, 2.75) is 44.0 Å². The number of halogens is 3. The van der Waals surface area contributed by atoms with E-state index in [4.69, 9.17) is 39.5 Å². The average molecular weight is 290 g/mol. The Balaban J connectivity index is 4.70. The lowest BCUT2D eigenvalue weighted by atomic mass is 9.88. The minimum Gasteiger partial charge on any atom is -0.458 e. The summed E-state index contributed by atoms with van der Waals surface area (Å²) in [4.78, 5) is 22.6. The quantitative estimate of drug-likeness (QED) is 0.591. The SMILES string of the molecule is CC(=O)O[C@@H](CC(=O)C(C)(C)C)C(Cl)(Cl)Cl. The van der Waals surface area contributed by atoms with Crippen molar-refractivity contribution in [2.75, 3.05) is 0 Å². The number of alkyl halides is 3. The van der Waals surface area contributed by atoms with Gasteiger partial charge in [0, 0.05) is 18.8 Å². The maximum atomic E-state index is 11.7. The minimum absolute atomic E-state index is 0.112. The second-order valence-corrected chi connectivity index (χ2v) is 6.89. The second kappa shape index (κ2) is 5.56. The van der Waals surface area contributed by atoms with Gasteiger partial charge in [0.2, 0.25) is 3.79 Å². The van der Waals surface area contributed by atoms with Gasteiger partial charge in [0.05, 0.1) is 0 Å². The number of rotatable bonds is 3. The van der Waals surface area contributed by atoms with Gasteiger partial charge in [0.15, 0.2) is 6.10 Å². The summed E-state index contributed by atoms with van der Waals surface area (Å²) in [7, 11) is 0. The monoisotopic (exact) mass is 288 g/mol. The topological polar surface area (TPSA) is 43.4 Å². The van der Waals surface area contributed by atoms with Crippen molar-refractivity contribution in [1.82, 2.24) is 0 Å². The lowest BCUT2D eigenvalue weighted by molar-refractivity contribution is -0.148. The summed E-state index contributed by atoms with van der Waals surface area (Å²) in [5.74, 6) is -0.719. The van der Waals surface area contributed by atoms with Crippen LogP contribution in [0.4, 0.5) is 0 Å². The fourth-order valence-electron chi connectivity index (χ4n) is 0.899. The molecule has 0 saturated heterocycles. The number of esters is 1. The van der Waals surface area contributed by atoms with E-state index in [-0.39, 0.29) is 12.2 Å². The zero-order valence-electron chi connectivity index (χ0n) is 9.64. The lowest BCUT2D eigenvalue weighted by Crippen LogP contribution is -2.36. The molecule has 0 amide bonds. The fraction of sp³-hybridized carbons (Fsp3) is 0.800. The lowest BCUT2D eigenvalue weighted by Gasteiger charge is -2.26. The van der Waals surface area contributed by atoms with Crippen LogP contribution in [-0.2, 0) is 14.3 Å². The molecule has 0 spiro atoms. The predicted molar refractivity (Wildman–Crippen MR) is 64.9 cm³/mol. The van der Waals surface area contributed by atoms with E-state index < -0.39 is 21.3 Å². The van der Waals surface area contributed by atoms with E-state index in [0.29, 0.717) is 0 Å². The first-order valence-corrected chi connectivity index (χ1v) is 5.85. The van der Waals surface area contributed by atoms with E-state index in [1.807, 2.05) is 0 Å². The maximum Gasteiger partial charge on any atom is 0.303 e. The summed E-state index contributed by atoms with van der Waals surface area (Å²) >= 11 is 16.9. The highest BCUT2D eigenvalue weighted by Crippen LogP contribution is 2.35. The van der Waals surface area contributed by atoms with Crippen molar-refractivity contribution >= 4 is 46.6 Å². The van der Waals surface area contributed by atoms with Gasteiger partial charge in [-0.25, -0.2) is 0 Å². The number of hydrogen-bond acceptors (Lipinski definition) is 3. The molecule has 0 aromatic rings. The molecule has 0 bridgehead atoms. The third kappa shape index (κ3) is 5.92. The van der Waals surface area contributed by atoms with Crippen LogP contribution in [0, 0.1) is 5.41 Å². The summed E-state index contributed by atoms with van der Waals surface area (Å²) in [6.45, 7) is 6.45. The largest absolute Gasteiger partial charge is 0.458 e. The summed E-state index contributed by atoms with van der Waals surface area (Å²) in [6, 6.07) is 0. The molecule has 0 aliphatic heterocycles. The first-order valence-electron chi connectivity index (χ1n) is 4.72. The molecule has 6 heteroatoms. The third-order valence-corrected chi connectivity index (χ3v) is 2.61. The van der Waals surface area contributed by atoms with Gasteiger partial charge in [0.25, 0.3) is 0 Å². The zero-order chi connectivity index (χ0) is 13.1. The Morgan fingerprint density at radius 1 is 1.19 bits per heavy atom. The van der Waals surface area contributed by atoms with E-state index in [0.717, 1.165) is 0 Å². The van der Waals surface area contributed by atoms with Crippen LogP contribution in [0.5, 0.6) is 0 Å². The van der Waals surface area contributed by atoms with Crippen molar-refractivity contribution in [2.24, 2.45) is 5.41 Å². The molecule has 0 radical (unpaired) electrons. The molecule has 94 valence electrons. The average Bonchev–Trinajstić information content (AvgIpc) is 1.98. The van der Waals surface area contributed by atoms with Crippen LogP contribution in [0.2, 0.25) is 0 Å². The minimum atomic E-state index is -1.80. The Morgan fingerprint density at radius 2 is 1.62 bits per heavy atom. The van der Waals surface area contributed by atoms with Crippen LogP contribution in [0.15, 0.2) is 0 Å². The van der Waals surface area contributed by atoms with Crippen LogP contribution >= 0.6 is 34.8 Å². The van der Waals surface area contributed by atoms with E-state index in [1.54, 1.807) is 20.8 Å². The molecule has 0 saturated carbocycles. The highest BCUT2D eigenvalue weighted by Gasteiger charge is 2.39. The van der Waals surface area contributed by atoms with E-state index in [1.165, 1.54) is 6.92 Å². The van der Waals surface area contributed by atoms with Crippen LogP contribution in [-0.4, -0.2) is 21.6 Å². The molecule has 0 aliphatic carbocycles. The van der Waals surface area contributed by atoms with Gasteiger partial charge in [-0.2, -0.15) is 0 Å². The van der Waals surface area contributed by atoms with E-state index >= 15 is 0 Å². The number of Topliss-reactive ketones (excluding diaryl/α,β-unsaturated/α-hetero) is 1. The fourth-order valence-corrected chi connectivity index (χ4v) is 1.26. The molecule has 0 unspecified atom stereocenters. The third-order valence-electron chi connectivity index (χ3n) is 1.88. The normalized spacial score (nSPS) is 14.4. The number of ether oxygens (including phenoxy) is 1. The van der Waals surface area contributed by atoms with Gasteiger partial charge in [-0.05, 0) is 0 Å². The Bertz CT molecular complexity index is 276. The molecule has 0 fully saturated rings. The number of hydrogen-bond donors (Lipinski definition) is 0. The summed E-state index contributed by atoms with van der Waals surface area (Å²) in [5, 5.41) is 0. The van der Waals surface area contributed by atoms with Gasteiger partial charge in [0.1, 0.15) is 5.78 Å². The molecule has 3 nitrogen and oxygen atoms in total. The second-order valence-electron chi connectivity index (χ2n) is 4.52. The van der Waals surface area contributed by atoms with Crippen LogP contribution in [0.1, 0.15) is 34.1 Å². The van der Waals surface area contributed by atoms with Crippen LogP contribution in [0.3, 0.4) is 0 Å². The highest BCUT2D eigenvalue weighted by atomic mass is 35.6. The first kappa shape index (κ1) is 16.0. The highest BCUT2D eigenvalue weighted by molar-refractivity contribution is 6.68. The van der Waals surface area contributed by atoms with Gasteiger partial charge in [-0.3, -0.25) is 9.59 Å². The van der Waals surface area contributed by atoms with Crippen molar-refractivity contribution in [3.8, 4) is 0 Å². The van der Waals surface area contributed by atoms with Crippen molar-refractivity contribution in [3.05, 3.63) is 0 Å². The number of carbonyl (C=O) groups is 2. The predicted octanol–water partition coefficient (Wildman–Crippen LogP) is 3.29. The molecule has 0 aromatic carbocycles. The maximum absolute atomic E-state index is 11.7. The Morgan fingerprint density at radius 3 is 1.88 bits per heavy atom. The molecule has 1 atom stereocenters. The molecular weight excluding hydrogens is 274 g/mol. The van der Waals surface area contributed by atoms with Crippen LogP contribution in [0.25, 0.3) is 0 Å². The number of ketones is 1. The molecule has 16 heavy (non-hydrogen) atoms.